The van der Waals surface area contributed by atoms with Crippen LogP contribution in [0.5, 0.6) is 0 Å². The third kappa shape index (κ3) is 4.06. The molecule has 1 aliphatic heterocycles. The first kappa shape index (κ1) is 14.1. The van der Waals surface area contributed by atoms with E-state index in [4.69, 9.17) is 0 Å². The van der Waals surface area contributed by atoms with Crippen LogP contribution in [0, 0.1) is 12.8 Å². The number of hydrogen-bond acceptors (Lipinski definition) is 2. The van der Waals surface area contributed by atoms with E-state index in [1.807, 2.05) is 24.1 Å². The van der Waals surface area contributed by atoms with E-state index in [1.165, 1.54) is 17.5 Å². The lowest BCUT2D eigenvalue weighted by Gasteiger charge is -2.19. The molecule has 3 heteroatoms. The standard InChI is InChI=1S/C16H24N2O/c1-13-5-3-4-6-15(13)12-18(2)16(19)8-7-14-9-10-17-11-14/h3-6,14,17H,7-12H2,1-2H3. The van der Waals surface area contributed by atoms with Gasteiger partial charge in [-0.1, -0.05) is 24.3 Å². The lowest BCUT2D eigenvalue weighted by molar-refractivity contribution is -0.130. The Balaban J connectivity index is 1.80. The van der Waals surface area contributed by atoms with E-state index in [-0.39, 0.29) is 5.91 Å². The summed E-state index contributed by atoms with van der Waals surface area (Å²) in [5.41, 5.74) is 2.49. The minimum atomic E-state index is 0.259. The molecule has 1 unspecified atom stereocenters. The highest BCUT2D eigenvalue weighted by molar-refractivity contribution is 5.75. The molecule has 1 aliphatic rings. The molecule has 1 aromatic carbocycles. The Morgan fingerprint density at radius 3 is 2.89 bits per heavy atom. The first-order valence-electron chi connectivity index (χ1n) is 7.16. The Labute approximate surface area is 116 Å². The van der Waals surface area contributed by atoms with E-state index in [2.05, 4.69) is 24.4 Å². The first-order chi connectivity index (χ1) is 9.16. The molecule has 0 radical (unpaired) electrons. The van der Waals surface area contributed by atoms with Crippen molar-refractivity contribution >= 4 is 5.91 Å². The molecule has 1 saturated heterocycles. The monoisotopic (exact) mass is 260 g/mol. The van der Waals surface area contributed by atoms with Gasteiger partial charge in [-0.2, -0.15) is 0 Å². The van der Waals surface area contributed by atoms with Crippen molar-refractivity contribution < 1.29 is 4.79 Å². The number of benzene rings is 1. The van der Waals surface area contributed by atoms with Crippen LogP contribution in [0.1, 0.15) is 30.4 Å². The predicted octanol–water partition coefficient (Wildman–Crippen LogP) is 2.34. The number of hydrogen-bond donors (Lipinski definition) is 1. The second-order valence-electron chi connectivity index (χ2n) is 5.57. The molecule has 0 saturated carbocycles. The largest absolute Gasteiger partial charge is 0.341 e. The molecule has 0 aliphatic carbocycles. The van der Waals surface area contributed by atoms with Gasteiger partial charge in [0.1, 0.15) is 0 Å². The summed E-state index contributed by atoms with van der Waals surface area (Å²) < 4.78 is 0. The van der Waals surface area contributed by atoms with Crippen molar-refractivity contribution in [1.82, 2.24) is 10.2 Å². The molecule has 19 heavy (non-hydrogen) atoms. The fourth-order valence-electron chi connectivity index (χ4n) is 2.61. The van der Waals surface area contributed by atoms with E-state index in [9.17, 15) is 4.79 Å². The maximum absolute atomic E-state index is 12.1. The molecule has 0 spiro atoms. The zero-order chi connectivity index (χ0) is 13.7. The molecule has 2 rings (SSSR count). The van der Waals surface area contributed by atoms with Crippen LogP contribution in [0.3, 0.4) is 0 Å². The van der Waals surface area contributed by atoms with Gasteiger partial charge in [0.15, 0.2) is 0 Å². The summed E-state index contributed by atoms with van der Waals surface area (Å²) >= 11 is 0. The summed E-state index contributed by atoms with van der Waals surface area (Å²) in [6, 6.07) is 8.26. The smallest absolute Gasteiger partial charge is 0.222 e. The molecule has 1 heterocycles. The van der Waals surface area contributed by atoms with Crippen LogP contribution in [0.4, 0.5) is 0 Å². The molecule has 1 aromatic rings. The number of rotatable bonds is 5. The van der Waals surface area contributed by atoms with Crippen LogP contribution < -0.4 is 5.32 Å². The van der Waals surface area contributed by atoms with Crippen molar-refractivity contribution in [3.63, 3.8) is 0 Å². The Kier molecular flexibility index (Phi) is 4.97. The van der Waals surface area contributed by atoms with Gasteiger partial charge < -0.3 is 10.2 Å². The topological polar surface area (TPSA) is 32.3 Å². The number of carbonyl (C=O) groups excluding carboxylic acids is 1. The van der Waals surface area contributed by atoms with E-state index in [0.717, 1.165) is 19.5 Å². The highest BCUT2D eigenvalue weighted by Gasteiger charge is 2.17. The molecule has 0 aromatic heterocycles. The summed E-state index contributed by atoms with van der Waals surface area (Å²) in [6.07, 6.45) is 2.91. The van der Waals surface area contributed by atoms with Gasteiger partial charge >= 0.3 is 0 Å². The maximum atomic E-state index is 12.1. The summed E-state index contributed by atoms with van der Waals surface area (Å²) in [6.45, 7) is 5.00. The van der Waals surface area contributed by atoms with Gasteiger partial charge in [0.2, 0.25) is 5.91 Å². The van der Waals surface area contributed by atoms with Crippen molar-refractivity contribution in [3.8, 4) is 0 Å². The molecule has 3 nitrogen and oxygen atoms in total. The third-order valence-corrected chi connectivity index (χ3v) is 4.02. The lowest BCUT2D eigenvalue weighted by Crippen LogP contribution is -2.27. The van der Waals surface area contributed by atoms with E-state index in [1.54, 1.807) is 0 Å². The SMILES string of the molecule is Cc1ccccc1CN(C)C(=O)CCC1CCNC1. The minimum Gasteiger partial charge on any atom is -0.341 e. The van der Waals surface area contributed by atoms with Crippen molar-refractivity contribution in [2.75, 3.05) is 20.1 Å². The second kappa shape index (κ2) is 6.71. The van der Waals surface area contributed by atoms with Crippen LogP contribution in [0.15, 0.2) is 24.3 Å². The fourth-order valence-corrected chi connectivity index (χ4v) is 2.61. The quantitative estimate of drug-likeness (QED) is 0.881. The van der Waals surface area contributed by atoms with Crippen LogP contribution in [-0.4, -0.2) is 30.9 Å². The van der Waals surface area contributed by atoms with E-state index < -0.39 is 0 Å². The Bertz CT molecular complexity index is 425. The van der Waals surface area contributed by atoms with Crippen molar-refractivity contribution in [2.24, 2.45) is 5.92 Å². The predicted molar refractivity (Wildman–Crippen MR) is 77.9 cm³/mol. The molecular weight excluding hydrogens is 236 g/mol. The molecule has 1 amide bonds. The number of carbonyl (C=O) groups is 1. The van der Waals surface area contributed by atoms with Gasteiger partial charge in [0.05, 0.1) is 0 Å². The normalized spacial score (nSPS) is 18.5. The summed E-state index contributed by atoms with van der Waals surface area (Å²) in [5.74, 6) is 0.950. The minimum absolute atomic E-state index is 0.259. The van der Waals surface area contributed by atoms with Gasteiger partial charge in [-0.15, -0.1) is 0 Å². The molecule has 1 fully saturated rings. The van der Waals surface area contributed by atoms with Gasteiger partial charge in [0, 0.05) is 20.0 Å². The fraction of sp³-hybridized carbons (Fsp3) is 0.562. The van der Waals surface area contributed by atoms with Crippen molar-refractivity contribution in [2.45, 2.75) is 32.7 Å². The molecular formula is C16H24N2O. The van der Waals surface area contributed by atoms with Crippen LogP contribution in [-0.2, 0) is 11.3 Å². The van der Waals surface area contributed by atoms with Gasteiger partial charge in [-0.05, 0) is 49.9 Å². The zero-order valence-corrected chi connectivity index (χ0v) is 12.0. The van der Waals surface area contributed by atoms with Crippen molar-refractivity contribution in [1.29, 1.82) is 0 Å². The Morgan fingerprint density at radius 2 is 2.21 bits per heavy atom. The lowest BCUT2D eigenvalue weighted by atomic mass is 10.0. The molecule has 104 valence electrons. The molecule has 1 N–H and O–H groups in total. The van der Waals surface area contributed by atoms with Crippen LogP contribution >= 0.6 is 0 Å². The average molecular weight is 260 g/mol. The average Bonchev–Trinajstić information content (AvgIpc) is 2.91. The first-order valence-corrected chi connectivity index (χ1v) is 7.16. The highest BCUT2D eigenvalue weighted by Crippen LogP contribution is 2.16. The van der Waals surface area contributed by atoms with Crippen LogP contribution in [0.25, 0.3) is 0 Å². The number of amides is 1. The Hall–Kier alpha value is -1.35. The number of aryl methyl sites for hydroxylation is 1. The second-order valence-corrected chi connectivity index (χ2v) is 5.57. The van der Waals surface area contributed by atoms with Gasteiger partial charge in [-0.25, -0.2) is 0 Å². The number of nitrogens with one attached hydrogen (secondary N) is 1. The zero-order valence-electron chi connectivity index (χ0n) is 12.0. The number of nitrogens with zero attached hydrogens (tertiary/aromatic N) is 1. The van der Waals surface area contributed by atoms with Gasteiger partial charge in [-0.3, -0.25) is 4.79 Å². The van der Waals surface area contributed by atoms with Gasteiger partial charge in [0.25, 0.3) is 0 Å². The van der Waals surface area contributed by atoms with Crippen LogP contribution in [0.2, 0.25) is 0 Å². The summed E-state index contributed by atoms with van der Waals surface area (Å²) in [4.78, 5) is 14.0. The van der Waals surface area contributed by atoms with Crippen molar-refractivity contribution in [3.05, 3.63) is 35.4 Å². The summed E-state index contributed by atoms with van der Waals surface area (Å²) in [7, 11) is 1.90. The maximum Gasteiger partial charge on any atom is 0.222 e. The summed E-state index contributed by atoms with van der Waals surface area (Å²) in [5, 5.41) is 3.35. The highest BCUT2D eigenvalue weighted by atomic mass is 16.2. The molecule has 0 bridgehead atoms. The third-order valence-electron chi connectivity index (χ3n) is 4.02. The molecule has 1 atom stereocenters. The Morgan fingerprint density at radius 1 is 1.42 bits per heavy atom. The van der Waals surface area contributed by atoms with E-state index >= 15 is 0 Å². The van der Waals surface area contributed by atoms with E-state index in [0.29, 0.717) is 18.9 Å².